The zero-order chi connectivity index (χ0) is 14.0. The molecule has 3 N–H and O–H groups in total. The Morgan fingerprint density at radius 2 is 2.16 bits per heavy atom. The highest BCUT2D eigenvalue weighted by Gasteiger charge is 2.11. The Kier molecular flexibility index (Phi) is 4.01. The molecule has 0 radical (unpaired) electrons. The first kappa shape index (κ1) is 13.8. The van der Waals surface area contributed by atoms with Gasteiger partial charge >= 0.3 is 0 Å². The Bertz CT molecular complexity index is 651. The van der Waals surface area contributed by atoms with Crippen LogP contribution < -0.4 is 11.1 Å². The molecule has 1 heterocycles. The number of pyridine rings is 1. The molecule has 0 bridgehead atoms. The van der Waals surface area contributed by atoms with Crippen LogP contribution in [0.4, 0.5) is 15.9 Å². The number of nitrogens with zero attached hydrogens (tertiary/aromatic N) is 1. The summed E-state index contributed by atoms with van der Waals surface area (Å²) in [6.45, 7) is 0. The van der Waals surface area contributed by atoms with Gasteiger partial charge in [-0.25, -0.2) is 9.37 Å². The minimum Gasteiger partial charge on any atom is -0.382 e. The number of benzene rings is 1. The normalized spacial score (nSPS) is 10.3. The summed E-state index contributed by atoms with van der Waals surface area (Å²) in [6, 6.07) is 5.38. The lowest BCUT2D eigenvalue weighted by molar-refractivity contribution is 0.102. The molecule has 98 valence electrons. The molecule has 0 aliphatic heterocycles. The molecule has 2 aromatic rings. The van der Waals surface area contributed by atoms with Crippen LogP contribution in [-0.4, -0.2) is 10.9 Å². The summed E-state index contributed by atoms with van der Waals surface area (Å²) in [6.07, 6.45) is 1.30. The predicted molar refractivity (Wildman–Crippen MR) is 75.7 cm³/mol. The fourth-order valence-corrected chi connectivity index (χ4v) is 1.87. The lowest BCUT2D eigenvalue weighted by atomic mass is 10.2. The number of rotatable bonds is 2. The first-order chi connectivity index (χ1) is 8.97. The standard InChI is InChI=1S/C12H8BrClFN3O/c13-8-2-1-7(15)4-10(8)18-12(19)6-3-9(14)11(16)17-5-6/h1-5H,(H2,16,17)(H,18,19). The van der Waals surface area contributed by atoms with Gasteiger partial charge in [-0.1, -0.05) is 11.6 Å². The summed E-state index contributed by atoms with van der Waals surface area (Å²) in [5, 5.41) is 2.73. The Labute approximate surface area is 121 Å². The number of carbonyl (C=O) groups excluding carboxylic acids is 1. The number of amides is 1. The van der Waals surface area contributed by atoms with Gasteiger partial charge in [0.25, 0.3) is 5.91 Å². The molecular formula is C12H8BrClFN3O. The van der Waals surface area contributed by atoms with E-state index in [1.165, 1.54) is 30.5 Å². The Hall–Kier alpha value is -1.66. The largest absolute Gasteiger partial charge is 0.382 e. The summed E-state index contributed by atoms with van der Waals surface area (Å²) in [5.41, 5.74) is 6.00. The quantitative estimate of drug-likeness (QED) is 0.876. The molecule has 0 unspecified atom stereocenters. The summed E-state index contributed by atoms with van der Waals surface area (Å²) in [5.74, 6) is -0.766. The van der Waals surface area contributed by atoms with Crippen LogP contribution in [0.1, 0.15) is 10.4 Å². The number of nitrogens with one attached hydrogen (secondary N) is 1. The van der Waals surface area contributed by atoms with Crippen LogP contribution in [0.15, 0.2) is 34.9 Å². The number of carbonyl (C=O) groups is 1. The number of halogens is 3. The van der Waals surface area contributed by atoms with E-state index in [4.69, 9.17) is 17.3 Å². The van der Waals surface area contributed by atoms with E-state index >= 15 is 0 Å². The third-order valence-corrected chi connectivity index (χ3v) is 3.30. The molecule has 4 nitrogen and oxygen atoms in total. The van der Waals surface area contributed by atoms with Crippen LogP contribution >= 0.6 is 27.5 Å². The monoisotopic (exact) mass is 343 g/mol. The van der Waals surface area contributed by atoms with Gasteiger partial charge in [0.05, 0.1) is 16.3 Å². The number of hydrogen-bond acceptors (Lipinski definition) is 3. The molecule has 0 saturated carbocycles. The lowest BCUT2D eigenvalue weighted by Crippen LogP contribution is -2.13. The van der Waals surface area contributed by atoms with Gasteiger partial charge in [-0.2, -0.15) is 0 Å². The third kappa shape index (κ3) is 3.21. The Morgan fingerprint density at radius 1 is 1.42 bits per heavy atom. The van der Waals surface area contributed by atoms with Crippen LogP contribution in [0.5, 0.6) is 0 Å². The minimum absolute atomic E-state index is 0.144. The van der Waals surface area contributed by atoms with Crippen molar-refractivity contribution in [2.75, 3.05) is 11.1 Å². The molecule has 2 rings (SSSR count). The maximum Gasteiger partial charge on any atom is 0.257 e. The number of nitrogen functional groups attached to an aromatic ring is 1. The van der Waals surface area contributed by atoms with Crippen molar-refractivity contribution in [1.29, 1.82) is 0 Å². The number of hydrogen-bond donors (Lipinski definition) is 2. The lowest BCUT2D eigenvalue weighted by Gasteiger charge is -2.08. The van der Waals surface area contributed by atoms with E-state index in [1.54, 1.807) is 0 Å². The Balaban J connectivity index is 2.25. The van der Waals surface area contributed by atoms with Crippen molar-refractivity contribution < 1.29 is 9.18 Å². The Morgan fingerprint density at radius 3 is 2.84 bits per heavy atom. The second-order valence-corrected chi connectivity index (χ2v) is 4.93. The van der Waals surface area contributed by atoms with Crippen molar-refractivity contribution in [3.05, 3.63) is 51.3 Å². The van der Waals surface area contributed by atoms with E-state index < -0.39 is 11.7 Å². The van der Waals surface area contributed by atoms with Crippen LogP contribution in [0, 0.1) is 5.82 Å². The van der Waals surface area contributed by atoms with Gasteiger partial charge in [0.2, 0.25) is 0 Å². The minimum atomic E-state index is -0.458. The van der Waals surface area contributed by atoms with Gasteiger partial charge < -0.3 is 11.1 Å². The molecule has 0 saturated heterocycles. The van der Waals surface area contributed by atoms with Crippen LogP contribution in [0.3, 0.4) is 0 Å². The van der Waals surface area contributed by atoms with Gasteiger partial charge in [-0.3, -0.25) is 4.79 Å². The molecule has 19 heavy (non-hydrogen) atoms. The van der Waals surface area contributed by atoms with E-state index in [1.807, 2.05) is 0 Å². The highest BCUT2D eigenvalue weighted by Crippen LogP contribution is 2.24. The van der Waals surface area contributed by atoms with E-state index in [0.29, 0.717) is 10.2 Å². The average Bonchev–Trinajstić information content (AvgIpc) is 2.37. The smallest absolute Gasteiger partial charge is 0.257 e. The maximum atomic E-state index is 13.1. The predicted octanol–water partition coefficient (Wildman–Crippen LogP) is 3.47. The molecule has 0 fully saturated rings. The third-order valence-electron chi connectivity index (χ3n) is 2.31. The van der Waals surface area contributed by atoms with Crippen LogP contribution in [0.2, 0.25) is 5.02 Å². The van der Waals surface area contributed by atoms with Crippen molar-refractivity contribution in [2.45, 2.75) is 0 Å². The number of anilines is 2. The molecule has 7 heteroatoms. The second-order valence-electron chi connectivity index (χ2n) is 3.67. The molecular weight excluding hydrogens is 337 g/mol. The molecule has 1 aromatic heterocycles. The van der Waals surface area contributed by atoms with Crippen molar-refractivity contribution in [3.8, 4) is 0 Å². The van der Waals surface area contributed by atoms with E-state index in [-0.39, 0.29) is 16.4 Å². The van der Waals surface area contributed by atoms with E-state index in [9.17, 15) is 9.18 Å². The zero-order valence-corrected chi connectivity index (χ0v) is 11.8. The van der Waals surface area contributed by atoms with E-state index in [2.05, 4.69) is 26.2 Å². The SMILES string of the molecule is Nc1ncc(C(=O)Nc2cc(F)ccc2Br)cc1Cl. The van der Waals surface area contributed by atoms with Gasteiger partial charge in [0.1, 0.15) is 11.6 Å². The number of aromatic nitrogens is 1. The first-order valence-electron chi connectivity index (χ1n) is 5.15. The van der Waals surface area contributed by atoms with Gasteiger partial charge in [0.15, 0.2) is 0 Å². The van der Waals surface area contributed by atoms with Crippen LogP contribution in [-0.2, 0) is 0 Å². The summed E-state index contributed by atoms with van der Waals surface area (Å²) in [7, 11) is 0. The maximum absolute atomic E-state index is 13.1. The van der Waals surface area contributed by atoms with Gasteiger partial charge in [0, 0.05) is 10.7 Å². The number of nitrogens with two attached hydrogens (primary N) is 1. The highest BCUT2D eigenvalue weighted by atomic mass is 79.9. The first-order valence-corrected chi connectivity index (χ1v) is 6.32. The van der Waals surface area contributed by atoms with Crippen LogP contribution in [0.25, 0.3) is 0 Å². The van der Waals surface area contributed by atoms with Crippen molar-refractivity contribution >= 4 is 44.9 Å². The van der Waals surface area contributed by atoms with Crippen molar-refractivity contribution in [2.24, 2.45) is 0 Å². The molecule has 0 aliphatic carbocycles. The van der Waals surface area contributed by atoms with Crippen molar-refractivity contribution in [3.63, 3.8) is 0 Å². The molecule has 1 aromatic carbocycles. The summed E-state index contributed by atoms with van der Waals surface area (Å²) in [4.78, 5) is 15.7. The van der Waals surface area contributed by atoms with Gasteiger partial charge in [-0.15, -0.1) is 0 Å². The average molecular weight is 345 g/mol. The van der Waals surface area contributed by atoms with Crippen molar-refractivity contribution in [1.82, 2.24) is 4.98 Å². The summed E-state index contributed by atoms with van der Waals surface area (Å²) >= 11 is 9.00. The summed E-state index contributed by atoms with van der Waals surface area (Å²) < 4.78 is 13.7. The van der Waals surface area contributed by atoms with E-state index in [0.717, 1.165) is 0 Å². The fourth-order valence-electron chi connectivity index (χ4n) is 1.36. The molecule has 0 aliphatic rings. The fraction of sp³-hybridized carbons (Fsp3) is 0. The molecule has 1 amide bonds. The topological polar surface area (TPSA) is 68.0 Å². The zero-order valence-electron chi connectivity index (χ0n) is 9.45. The van der Waals surface area contributed by atoms with Gasteiger partial charge in [-0.05, 0) is 40.2 Å². The highest BCUT2D eigenvalue weighted by molar-refractivity contribution is 9.10. The second kappa shape index (κ2) is 5.54. The molecule has 0 spiro atoms. The molecule has 0 atom stereocenters.